The zero-order valence-electron chi connectivity index (χ0n) is 6.58. The van der Waals surface area contributed by atoms with Crippen LogP contribution in [0.1, 0.15) is 12.8 Å². The van der Waals surface area contributed by atoms with Gasteiger partial charge in [-0.2, -0.15) is 0 Å². The molecule has 2 aliphatic rings. The van der Waals surface area contributed by atoms with E-state index in [1.54, 1.807) is 0 Å². The van der Waals surface area contributed by atoms with Gasteiger partial charge in [0.1, 0.15) is 0 Å². The van der Waals surface area contributed by atoms with Gasteiger partial charge in [-0.15, -0.1) is 0 Å². The lowest BCUT2D eigenvalue weighted by Gasteiger charge is -2.47. The molecule has 0 amide bonds. The van der Waals surface area contributed by atoms with E-state index < -0.39 is 0 Å². The molecule has 2 rings (SSSR count). The van der Waals surface area contributed by atoms with Gasteiger partial charge in [0, 0.05) is 30.6 Å². The molecule has 0 bridgehead atoms. The second-order valence-corrected chi connectivity index (χ2v) is 4.29. The molecule has 11 heavy (non-hydrogen) atoms. The number of nitrogens with zero attached hydrogens (tertiary/aromatic N) is 1. The van der Waals surface area contributed by atoms with Crippen molar-refractivity contribution in [3.63, 3.8) is 0 Å². The van der Waals surface area contributed by atoms with Crippen molar-refractivity contribution in [3.05, 3.63) is 0 Å². The summed E-state index contributed by atoms with van der Waals surface area (Å²) in [6, 6.07) is 0. The second-order valence-electron chi connectivity index (χ2n) is 3.57. The van der Waals surface area contributed by atoms with Crippen molar-refractivity contribution in [3.8, 4) is 0 Å². The SMILES string of the molecule is NSN1CCCC2(COC2)C1. The first-order valence-corrected chi connectivity index (χ1v) is 4.88. The van der Waals surface area contributed by atoms with Crippen molar-refractivity contribution in [1.29, 1.82) is 0 Å². The molecule has 0 saturated carbocycles. The molecular formula is C7H14N2OS. The lowest BCUT2D eigenvalue weighted by Crippen LogP contribution is -2.52. The predicted octanol–water partition coefficient (Wildman–Crippen LogP) is 0.621. The van der Waals surface area contributed by atoms with Crippen molar-refractivity contribution in [1.82, 2.24) is 4.31 Å². The van der Waals surface area contributed by atoms with Gasteiger partial charge in [0.05, 0.1) is 13.2 Å². The number of hydrogen-bond acceptors (Lipinski definition) is 4. The van der Waals surface area contributed by atoms with Gasteiger partial charge < -0.3 is 4.74 Å². The maximum absolute atomic E-state index is 5.50. The monoisotopic (exact) mass is 174 g/mol. The topological polar surface area (TPSA) is 38.5 Å². The maximum atomic E-state index is 5.50. The van der Waals surface area contributed by atoms with Crippen LogP contribution in [-0.4, -0.2) is 30.6 Å². The van der Waals surface area contributed by atoms with Crippen molar-refractivity contribution < 1.29 is 4.74 Å². The van der Waals surface area contributed by atoms with Gasteiger partial charge in [0.15, 0.2) is 0 Å². The minimum absolute atomic E-state index is 0.477. The molecule has 2 N–H and O–H groups in total. The van der Waals surface area contributed by atoms with Crippen LogP contribution in [0.2, 0.25) is 0 Å². The molecule has 0 aliphatic carbocycles. The highest BCUT2D eigenvalue weighted by Crippen LogP contribution is 2.37. The molecular weight excluding hydrogens is 160 g/mol. The van der Waals surface area contributed by atoms with Gasteiger partial charge in [-0.25, -0.2) is 4.31 Å². The van der Waals surface area contributed by atoms with Gasteiger partial charge in [-0.1, -0.05) is 0 Å². The molecule has 2 fully saturated rings. The Kier molecular flexibility index (Phi) is 2.10. The molecule has 0 radical (unpaired) electrons. The third-order valence-electron chi connectivity index (χ3n) is 2.59. The summed E-state index contributed by atoms with van der Waals surface area (Å²) in [5, 5.41) is 5.50. The minimum Gasteiger partial charge on any atom is -0.380 e. The first kappa shape index (κ1) is 7.86. The second kappa shape index (κ2) is 2.94. The van der Waals surface area contributed by atoms with E-state index in [4.69, 9.17) is 9.88 Å². The molecule has 2 heterocycles. The van der Waals surface area contributed by atoms with Crippen LogP contribution in [0.3, 0.4) is 0 Å². The largest absolute Gasteiger partial charge is 0.380 e. The van der Waals surface area contributed by atoms with Crippen LogP contribution in [0.4, 0.5) is 0 Å². The summed E-state index contributed by atoms with van der Waals surface area (Å²) < 4.78 is 7.47. The van der Waals surface area contributed by atoms with Crippen LogP contribution in [-0.2, 0) is 4.74 Å². The molecule has 64 valence electrons. The Morgan fingerprint density at radius 2 is 2.27 bits per heavy atom. The van der Waals surface area contributed by atoms with E-state index in [1.165, 1.54) is 25.0 Å². The van der Waals surface area contributed by atoms with Gasteiger partial charge in [0.2, 0.25) is 0 Å². The highest BCUT2D eigenvalue weighted by molar-refractivity contribution is 7.94. The highest BCUT2D eigenvalue weighted by atomic mass is 32.2. The van der Waals surface area contributed by atoms with E-state index in [0.29, 0.717) is 5.41 Å². The zero-order chi connectivity index (χ0) is 7.73. The summed E-state index contributed by atoms with van der Waals surface area (Å²) in [5.41, 5.74) is 0.477. The van der Waals surface area contributed by atoms with Gasteiger partial charge in [-0.05, 0) is 12.8 Å². The molecule has 1 spiro atoms. The number of nitrogens with two attached hydrogens (primary N) is 1. The van der Waals surface area contributed by atoms with Crippen molar-refractivity contribution in [2.75, 3.05) is 26.3 Å². The third-order valence-corrected chi connectivity index (χ3v) is 3.20. The fourth-order valence-corrected chi connectivity index (χ4v) is 2.46. The fourth-order valence-electron chi connectivity index (χ4n) is 1.88. The Bertz CT molecular complexity index is 149. The molecule has 4 heteroatoms. The quantitative estimate of drug-likeness (QED) is 0.591. The summed E-state index contributed by atoms with van der Waals surface area (Å²) in [6.07, 6.45) is 2.59. The Hall–Kier alpha value is 0.230. The van der Waals surface area contributed by atoms with Gasteiger partial charge in [-0.3, -0.25) is 5.14 Å². The number of hydrogen-bond donors (Lipinski definition) is 1. The van der Waals surface area contributed by atoms with Crippen LogP contribution >= 0.6 is 12.1 Å². The summed E-state index contributed by atoms with van der Waals surface area (Å²) in [7, 11) is 0. The van der Waals surface area contributed by atoms with Crippen LogP contribution in [0, 0.1) is 5.41 Å². The third kappa shape index (κ3) is 1.40. The molecule has 3 nitrogen and oxygen atoms in total. The molecule has 2 saturated heterocycles. The highest BCUT2D eigenvalue weighted by Gasteiger charge is 2.41. The average molecular weight is 174 g/mol. The Balaban J connectivity index is 1.92. The van der Waals surface area contributed by atoms with Gasteiger partial charge >= 0.3 is 0 Å². The standard InChI is InChI=1S/C7H14N2OS/c8-11-9-3-1-2-7(4-9)5-10-6-7/h1-6,8H2. The number of ether oxygens (including phenoxy) is 1. The molecule has 0 atom stereocenters. The van der Waals surface area contributed by atoms with Crippen molar-refractivity contribution >= 4 is 12.1 Å². The summed E-state index contributed by atoms with van der Waals surface area (Å²) >= 11 is 1.38. The Labute approximate surface area is 71.5 Å². The van der Waals surface area contributed by atoms with Crippen LogP contribution in [0.5, 0.6) is 0 Å². The van der Waals surface area contributed by atoms with Crippen LogP contribution in [0.15, 0.2) is 0 Å². The average Bonchev–Trinajstić information content (AvgIpc) is 2.02. The molecule has 2 aliphatic heterocycles. The first-order chi connectivity index (χ1) is 5.35. The number of rotatable bonds is 1. The Morgan fingerprint density at radius 3 is 2.82 bits per heavy atom. The molecule has 0 aromatic carbocycles. The van der Waals surface area contributed by atoms with E-state index >= 15 is 0 Å². The Morgan fingerprint density at radius 1 is 1.45 bits per heavy atom. The maximum Gasteiger partial charge on any atom is 0.0557 e. The molecule has 0 aromatic rings. The predicted molar refractivity (Wildman–Crippen MR) is 45.8 cm³/mol. The van der Waals surface area contributed by atoms with E-state index in [2.05, 4.69) is 4.31 Å². The summed E-state index contributed by atoms with van der Waals surface area (Å²) in [5.74, 6) is 0. The van der Waals surface area contributed by atoms with Crippen molar-refractivity contribution in [2.24, 2.45) is 10.6 Å². The lowest BCUT2D eigenvalue weighted by molar-refractivity contribution is -0.132. The fraction of sp³-hybridized carbons (Fsp3) is 1.00. The van der Waals surface area contributed by atoms with E-state index in [1.807, 2.05) is 0 Å². The van der Waals surface area contributed by atoms with E-state index in [9.17, 15) is 0 Å². The lowest BCUT2D eigenvalue weighted by atomic mass is 9.79. The smallest absolute Gasteiger partial charge is 0.0557 e. The van der Waals surface area contributed by atoms with Crippen LogP contribution < -0.4 is 5.14 Å². The minimum atomic E-state index is 0.477. The van der Waals surface area contributed by atoms with E-state index in [0.717, 1.165) is 26.3 Å². The summed E-state index contributed by atoms with van der Waals surface area (Å²) in [4.78, 5) is 0. The van der Waals surface area contributed by atoms with E-state index in [-0.39, 0.29) is 0 Å². The van der Waals surface area contributed by atoms with Crippen LogP contribution in [0.25, 0.3) is 0 Å². The first-order valence-electron chi connectivity index (χ1n) is 4.04. The molecule has 0 unspecified atom stereocenters. The number of piperidine rings is 1. The van der Waals surface area contributed by atoms with Gasteiger partial charge in [0.25, 0.3) is 0 Å². The normalized spacial score (nSPS) is 30.3. The van der Waals surface area contributed by atoms with Crippen molar-refractivity contribution in [2.45, 2.75) is 12.8 Å². The summed E-state index contributed by atoms with van der Waals surface area (Å²) in [6.45, 7) is 4.16. The zero-order valence-corrected chi connectivity index (χ0v) is 7.40. The molecule has 0 aromatic heterocycles.